The van der Waals surface area contributed by atoms with E-state index < -0.39 is 11.6 Å². The first-order chi connectivity index (χ1) is 15.8. The molecule has 1 aliphatic rings. The zero-order valence-corrected chi connectivity index (χ0v) is 19.4. The predicted octanol–water partition coefficient (Wildman–Crippen LogP) is 6.37. The van der Waals surface area contributed by atoms with Crippen LogP contribution in [0.1, 0.15) is 42.5 Å². The smallest absolute Gasteiger partial charge is 0.168 e. The quantitative estimate of drug-likeness (QED) is 0.517. The minimum atomic E-state index is -0.887. The van der Waals surface area contributed by atoms with Crippen LogP contribution in [0, 0.1) is 18.6 Å². The van der Waals surface area contributed by atoms with Crippen LogP contribution >= 0.6 is 0 Å². The van der Waals surface area contributed by atoms with Crippen LogP contribution in [0.2, 0.25) is 0 Å². The van der Waals surface area contributed by atoms with Crippen LogP contribution in [0.4, 0.5) is 14.5 Å². The lowest BCUT2D eigenvalue weighted by Crippen LogP contribution is -2.28. The maximum Gasteiger partial charge on any atom is 0.168 e. The van der Waals surface area contributed by atoms with E-state index >= 15 is 4.39 Å². The van der Waals surface area contributed by atoms with Crippen molar-refractivity contribution in [2.45, 2.75) is 33.6 Å². The average Bonchev–Trinajstić information content (AvgIpc) is 2.78. The van der Waals surface area contributed by atoms with Gasteiger partial charge >= 0.3 is 0 Å². The van der Waals surface area contributed by atoms with E-state index in [-0.39, 0.29) is 5.56 Å². The number of benzene rings is 2. The van der Waals surface area contributed by atoms with Gasteiger partial charge in [0.2, 0.25) is 0 Å². The van der Waals surface area contributed by atoms with Gasteiger partial charge < -0.3 is 16.0 Å². The van der Waals surface area contributed by atoms with E-state index in [0.717, 1.165) is 22.4 Å². The van der Waals surface area contributed by atoms with Crippen molar-refractivity contribution >= 4 is 22.8 Å². The van der Waals surface area contributed by atoms with Crippen molar-refractivity contribution in [1.29, 1.82) is 0 Å². The molecular weight excluding hydrogens is 418 g/mol. The number of nitrogens with two attached hydrogens (primary N) is 1. The lowest BCUT2D eigenvalue weighted by molar-refractivity contribution is 0.492. The van der Waals surface area contributed by atoms with Crippen LogP contribution < -0.4 is 11.1 Å². The largest absolute Gasteiger partial charge is 0.338 e. The van der Waals surface area contributed by atoms with E-state index in [1.807, 2.05) is 32.0 Å². The van der Waals surface area contributed by atoms with Gasteiger partial charge in [-0.2, -0.15) is 0 Å². The van der Waals surface area contributed by atoms with Crippen molar-refractivity contribution in [1.82, 2.24) is 4.90 Å². The fourth-order valence-corrected chi connectivity index (χ4v) is 3.84. The molecule has 172 valence electrons. The van der Waals surface area contributed by atoms with E-state index in [0.29, 0.717) is 42.2 Å². The average molecular weight is 449 g/mol. The van der Waals surface area contributed by atoms with Gasteiger partial charge in [0.05, 0.1) is 11.4 Å². The van der Waals surface area contributed by atoms with Crippen LogP contribution in [0.5, 0.6) is 0 Å². The summed E-state index contributed by atoms with van der Waals surface area (Å²) < 4.78 is 29.7. The first-order valence-corrected chi connectivity index (χ1v) is 10.9. The number of allylic oxidation sites excluding steroid dienone is 2. The van der Waals surface area contributed by atoms with Crippen molar-refractivity contribution in [2.24, 2.45) is 10.7 Å². The molecule has 0 unspecified atom stereocenters. The minimum Gasteiger partial charge on any atom is -0.338 e. The third-order valence-electron chi connectivity index (χ3n) is 5.55. The summed E-state index contributed by atoms with van der Waals surface area (Å²) in [7, 11) is 0. The van der Waals surface area contributed by atoms with Gasteiger partial charge in [0.25, 0.3) is 0 Å². The molecule has 3 rings (SSSR count). The molecule has 0 radical (unpaired) electrons. The highest BCUT2D eigenvalue weighted by Gasteiger charge is 2.23. The number of aliphatic imine (C=N–C) groups is 1. The van der Waals surface area contributed by atoms with Gasteiger partial charge in [0.15, 0.2) is 17.5 Å². The Kier molecular flexibility index (Phi) is 7.61. The fraction of sp³-hybridized carbons (Fsp3) is 0.222. The highest BCUT2D eigenvalue weighted by atomic mass is 19.2. The van der Waals surface area contributed by atoms with Gasteiger partial charge in [-0.15, -0.1) is 0 Å². The van der Waals surface area contributed by atoms with Crippen molar-refractivity contribution < 1.29 is 8.78 Å². The van der Waals surface area contributed by atoms with Crippen molar-refractivity contribution in [3.05, 3.63) is 102 Å². The Morgan fingerprint density at radius 3 is 2.55 bits per heavy atom. The van der Waals surface area contributed by atoms with Crippen LogP contribution in [-0.2, 0) is 6.42 Å². The van der Waals surface area contributed by atoms with Crippen LogP contribution in [0.15, 0.2) is 72.7 Å². The molecule has 0 spiro atoms. The number of rotatable bonds is 7. The Bertz CT molecular complexity index is 1170. The number of nitrogens with zero attached hydrogens (tertiary/aromatic N) is 2. The van der Waals surface area contributed by atoms with Crippen molar-refractivity contribution in [2.75, 3.05) is 11.9 Å². The van der Waals surface area contributed by atoms with Gasteiger partial charge in [0.1, 0.15) is 0 Å². The normalized spacial score (nSPS) is 13.9. The first-order valence-electron chi connectivity index (χ1n) is 10.9. The fourth-order valence-electron chi connectivity index (χ4n) is 3.84. The number of halogens is 2. The van der Waals surface area contributed by atoms with E-state index in [2.05, 4.69) is 23.5 Å². The molecule has 0 saturated heterocycles. The van der Waals surface area contributed by atoms with Crippen LogP contribution in [0.25, 0.3) is 11.3 Å². The summed E-state index contributed by atoms with van der Waals surface area (Å²) in [6.45, 7) is 14.3. The standard InChI is InChI=1S/C27H30F2N4/c1-6-24(23-11-9-20(8-7-13-30)25(28)26(23)29)33-15-14-31-27(19(33)5)32-21-10-12-22(17(2)3)18(4)16-21/h6,9-12,14-16H,2,5,7-8,13,30H2,1,3-4H3,(H,31,32)/b24-6-. The maximum atomic E-state index is 15.0. The molecule has 0 aliphatic carbocycles. The SMILES string of the molecule is C=C(C)c1ccc(NC2=NC=CN(/C(=C\C)c3ccc(CCCN)c(F)c3F)C2=C)cc1C. The monoisotopic (exact) mass is 448 g/mol. The summed E-state index contributed by atoms with van der Waals surface area (Å²) >= 11 is 0. The number of nitrogens with one attached hydrogen (secondary N) is 1. The molecule has 0 amide bonds. The number of hydrogen-bond acceptors (Lipinski definition) is 4. The summed E-state index contributed by atoms with van der Waals surface area (Å²) in [4.78, 5) is 6.10. The Hall–Kier alpha value is -3.51. The zero-order chi connectivity index (χ0) is 24.1. The molecule has 0 aromatic heterocycles. The molecule has 0 fully saturated rings. The van der Waals surface area contributed by atoms with Crippen LogP contribution in [-0.4, -0.2) is 17.3 Å². The molecule has 0 bridgehead atoms. The Morgan fingerprint density at radius 1 is 1.18 bits per heavy atom. The highest BCUT2D eigenvalue weighted by Crippen LogP contribution is 2.31. The summed E-state index contributed by atoms with van der Waals surface area (Å²) in [5.74, 6) is -1.21. The molecule has 1 aliphatic heterocycles. The van der Waals surface area contributed by atoms with Gasteiger partial charge in [0, 0.05) is 23.7 Å². The Morgan fingerprint density at radius 2 is 1.91 bits per heavy atom. The molecule has 33 heavy (non-hydrogen) atoms. The van der Waals surface area contributed by atoms with E-state index in [1.165, 1.54) is 0 Å². The molecule has 3 N–H and O–H groups in total. The third kappa shape index (κ3) is 5.12. The van der Waals surface area contributed by atoms with Crippen LogP contribution in [0.3, 0.4) is 0 Å². The van der Waals surface area contributed by atoms with Gasteiger partial charge in [-0.1, -0.05) is 36.9 Å². The van der Waals surface area contributed by atoms with Gasteiger partial charge in [-0.25, -0.2) is 13.8 Å². The summed E-state index contributed by atoms with van der Waals surface area (Å²) in [6, 6.07) is 9.17. The Labute approximate surface area is 194 Å². The van der Waals surface area contributed by atoms with Crippen molar-refractivity contribution in [3.8, 4) is 0 Å². The summed E-state index contributed by atoms with van der Waals surface area (Å²) in [6.07, 6.45) is 5.99. The summed E-state index contributed by atoms with van der Waals surface area (Å²) in [5.41, 5.74) is 11.0. The minimum absolute atomic E-state index is 0.153. The number of amidine groups is 1. The topological polar surface area (TPSA) is 53.7 Å². The molecule has 6 heteroatoms. The Balaban J connectivity index is 1.86. The van der Waals surface area contributed by atoms with Gasteiger partial charge in [-0.3, -0.25) is 0 Å². The first kappa shape index (κ1) is 24.1. The van der Waals surface area contributed by atoms with Gasteiger partial charge in [-0.05, 0) is 75.0 Å². The molecule has 2 aromatic carbocycles. The molecule has 0 atom stereocenters. The number of aryl methyl sites for hydroxylation is 2. The van der Waals surface area contributed by atoms with E-state index in [9.17, 15) is 4.39 Å². The molecule has 1 heterocycles. The highest BCUT2D eigenvalue weighted by molar-refractivity contribution is 6.09. The lowest BCUT2D eigenvalue weighted by Gasteiger charge is -2.29. The number of anilines is 1. The predicted molar refractivity (Wildman–Crippen MR) is 134 cm³/mol. The second kappa shape index (κ2) is 10.4. The summed E-state index contributed by atoms with van der Waals surface area (Å²) in [5, 5.41) is 3.28. The van der Waals surface area contributed by atoms with E-state index in [1.54, 1.807) is 42.4 Å². The second-order valence-electron chi connectivity index (χ2n) is 7.99. The molecule has 2 aromatic rings. The molecular formula is C27H30F2N4. The second-order valence-corrected chi connectivity index (χ2v) is 7.99. The third-order valence-corrected chi connectivity index (χ3v) is 5.55. The number of hydrogen-bond donors (Lipinski definition) is 2. The molecule has 0 saturated carbocycles. The lowest BCUT2D eigenvalue weighted by atomic mass is 10.0. The zero-order valence-electron chi connectivity index (χ0n) is 19.4. The van der Waals surface area contributed by atoms with E-state index in [4.69, 9.17) is 5.73 Å². The van der Waals surface area contributed by atoms with Crippen molar-refractivity contribution in [3.63, 3.8) is 0 Å². The molecule has 4 nitrogen and oxygen atoms in total. The maximum absolute atomic E-state index is 15.0.